The average molecular weight is 612 g/mol. The zero-order valence-electron chi connectivity index (χ0n) is 25.4. The Morgan fingerprint density at radius 3 is 2.12 bits per heavy atom. The molecule has 1 aliphatic rings. The number of halogens is 4. The molecule has 0 bridgehead atoms. The fourth-order valence-electron chi connectivity index (χ4n) is 4.22. The Balaban J connectivity index is 2.14. The van der Waals surface area contributed by atoms with Crippen LogP contribution in [0.2, 0.25) is 0 Å². The van der Waals surface area contributed by atoms with Gasteiger partial charge in [0.2, 0.25) is 0 Å². The monoisotopic (exact) mass is 611 g/mol. The standard InChI is InChI=1S/C29H46F4NO6P/c1-22-34-28(20-37-22,21-38-41(35,39-26(2,3)4)40-27(5,6)7)16-15-23-13-14-25(24(19-23)29(31,32)33)36-18-12-10-8-9-11-17-30/h13-14,19H,8-12,15-18,20-21H2,1-7H3. The molecule has 0 saturated heterocycles. The summed E-state index contributed by atoms with van der Waals surface area (Å²) in [5.74, 6) is 0.182. The summed E-state index contributed by atoms with van der Waals surface area (Å²) < 4.78 is 95.7. The van der Waals surface area contributed by atoms with Gasteiger partial charge in [-0.25, -0.2) is 9.56 Å². The van der Waals surface area contributed by atoms with Gasteiger partial charge < -0.3 is 9.47 Å². The highest BCUT2D eigenvalue weighted by Gasteiger charge is 2.43. The number of aryl methyl sites for hydroxylation is 1. The first kappa shape index (κ1) is 35.5. The first-order chi connectivity index (χ1) is 18.9. The van der Waals surface area contributed by atoms with Gasteiger partial charge in [-0.15, -0.1) is 0 Å². The summed E-state index contributed by atoms with van der Waals surface area (Å²) in [4.78, 5) is 4.57. The lowest BCUT2D eigenvalue weighted by molar-refractivity contribution is -0.139. The normalized spacial score (nSPS) is 18.4. The number of phosphoric ester groups is 1. The van der Waals surface area contributed by atoms with Crippen LogP contribution in [0.3, 0.4) is 0 Å². The van der Waals surface area contributed by atoms with Gasteiger partial charge in [0.1, 0.15) is 17.9 Å². The van der Waals surface area contributed by atoms with Gasteiger partial charge in [0, 0.05) is 6.92 Å². The summed E-state index contributed by atoms with van der Waals surface area (Å²) >= 11 is 0. The van der Waals surface area contributed by atoms with E-state index >= 15 is 0 Å². The highest BCUT2D eigenvalue weighted by atomic mass is 31.2. The lowest BCUT2D eigenvalue weighted by Crippen LogP contribution is -2.36. The van der Waals surface area contributed by atoms with E-state index in [4.69, 9.17) is 23.0 Å². The maximum atomic E-state index is 13.9. The van der Waals surface area contributed by atoms with E-state index in [1.54, 1.807) is 54.5 Å². The van der Waals surface area contributed by atoms with Gasteiger partial charge in [-0.2, -0.15) is 13.2 Å². The maximum absolute atomic E-state index is 13.9. The SMILES string of the molecule is CC1=NC(CCc2ccc(OCCCCCCCF)c(C(F)(F)F)c2)(COP(=O)(OC(C)(C)C)OC(C)(C)C)CO1. The second-order valence-electron chi connectivity index (χ2n) is 12.4. The molecule has 41 heavy (non-hydrogen) atoms. The van der Waals surface area contributed by atoms with Crippen molar-refractivity contribution in [3.05, 3.63) is 29.3 Å². The smallest absolute Gasteiger partial charge is 0.475 e. The van der Waals surface area contributed by atoms with Crippen molar-refractivity contribution >= 4 is 13.7 Å². The fourth-order valence-corrected chi connectivity index (χ4v) is 6.10. The predicted molar refractivity (Wildman–Crippen MR) is 151 cm³/mol. The zero-order chi connectivity index (χ0) is 31.0. The lowest BCUT2D eigenvalue weighted by Gasteiger charge is -2.33. The van der Waals surface area contributed by atoms with Gasteiger partial charge >= 0.3 is 14.0 Å². The van der Waals surface area contributed by atoms with Crippen molar-refractivity contribution in [2.24, 2.45) is 4.99 Å². The van der Waals surface area contributed by atoms with Crippen molar-refractivity contribution in [2.45, 2.75) is 116 Å². The molecule has 12 heteroatoms. The predicted octanol–water partition coefficient (Wildman–Crippen LogP) is 8.88. The highest BCUT2D eigenvalue weighted by molar-refractivity contribution is 7.48. The molecule has 1 heterocycles. The molecular formula is C29H46F4NO6P. The van der Waals surface area contributed by atoms with Gasteiger partial charge in [-0.3, -0.25) is 18.0 Å². The molecule has 1 atom stereocenters. The van der Waals surface area contributed by atoms with E-state index in [1.165, 1.54) is 6.07 Å². The highest BCUT2D eigenvalue weighted by Crippen LogP contribution is 2.56. The quantitative estimate of drug-likeness (QED) is 0.106. The van der Waals surface area contributed by atoms with E-state index in [-0.39, 0.29) is 45.1 Å². The molecule has 0 radical (unpaired) electrons. The molecule has 0 N–H and O–H groups in total. The molecule has 0 aromatic heterocycles. The third kappa shape index (κ3) is 13.0. The van der Waals surface area contributed by atoms with E-state index < -0.39 is 36.3 Å². The molecule has 0 fully saturated rings. The van der Waals surface area contributed by atoms with Gasteiger partial charge in [0.05, 0.1) is 36.7 Å². The summed E-state index contributed by atoms with van der Waals surface area (Å²) in [7, 11) is -4.04. The first-order valence-corrected chi connectivity index (χ1v) is 15.6. The molecule has 1 unspecified atom stereocenters. The average Bonchev–Trinajstić information content (AvgIpc) is 3.19. The van der Waals surface area contributed by atoms with E-state index in [2.05, 4.69) is 4.99 Å². The van der Waals surface area contributed by atoms with Crippen LogP contribution in [-0.2, 0) is 35.5 Å². The molecule has 1 aromatic rings. The number of unbranched alkanes of at least 4 members (excludes halogenated alkanes) is 4. The Morgan fingerprint density at radius 1 is 0.976 bits per heavy atom. The number of benzene rings is 1. The van der Waals surface area contributed by atoms with Gasteiger partial charge in [0.25, 0.3) is 0 Å². The summed E-state index contributed by atoms with van der Waals surface area (Å²) in [6.07, 6.45) is -0.676. The molecular weight excluding hydrogens is 565 g/mol. The number of alkyl halides is 4. The van der Waals surface area contributed by atoms with Crippen molar-refractivity contribution in [2.75, 3.05) is 26.5 Å². The zero-order valence-corrected chi connectivity index (χ0v) is 26.3. The van der Waals surface area contributed by atoms with Crippen LogP contribution in [0.25, 0.3) is 0 Å². The molecule has 0 saturated carbocycles. The number of hydrogen-bond acceptors (Lipinski definition) is 7. The molecule has 236 valence electrons. The Bertz CT molecular complexity index is 1030. The van der Waals surface area contributed by atoms with E-state index in [0.717, 1.165) is 25.3 Å². The molecule has 0 amide bonds. The largest absolute Gasteiger partial charge is 0.493 e. The molecule has 0 spiro atoms. The molecule has 1 aliphatic heterocycles. The van der Waals surface area contributed by atoms with Crippen molar-refractivity contribution in [3.8, 4) is 5.75 Å². The second kappa shape index (κ2) is 14.7. The van der Waals surface area contributed by atoms with Gasteiger partial charge in [0.15, 0.2) is 5.90 Å². The summed E-state index contributed by atoms with van der Waals surface area (Å²) in [6.45, 7) is 11.8. The van der Waals surface area contributed by atoms with Crippen molar-refractivity contribution in [1.82, 2.24) is 0 Å². The Hall–Kier alpha value is -1.68. The summed E-state index contributed by atoms with van der Waals surface area (Å²) in [6, 6.07) is 4.03. The third-order valence-corrected chi connectivity index (χ3v) is 7.96. The second-order valence-corrected chi connectivity index (χ2v) is 13.9. The van der Waals surface area contributed by atoms with Crippen LogP contribution in [0.5, 0.6) is 5.75 Å². The molecule has 7 nitrogen and oxygen atoms in total. The Kier molecular flexibility index (Phi) is 12.7. The molecule has 0 aliphatic carbocycles. The van der Waals surface area contributed by atoms with E-state index in [0.29, 0.717) is 24.3 Å². The minimum Gasteiger partial charge on any atom is -0.493 e. The Labute approximate surface area is 241 Å². The molecule has 1 aromatic carbocycles. The Morgan fingerprint density at radius 2 is 1.59 bits per heavy atom. The number of nitrogens with zero attached hydrogens (tertiary/aromatic N) is 1. The maximum Gasteiger partial charge on any atom is 0.475 e. The van der Waals surface area contributed by atoms with Crippen LogP contribution in [0.15, 0.2) is 23.2 Å². The summed E-state index contributed by atoms with van der Waals surface area (Å²) in [5, 5.41) is 0. The summed E-state index contributed by atoms with van der Waals surface area (Å²) in [5.41, 5.74) is -3.05. The van der Waals surface area contributed by atoms with Crippen molar-refractivity contribution in [1.29, 1.82) is 0 Å². The minimum absolute atomic E-state index is 0.114. The topological polar surface area (TPSA) is 75.6 Å². The lowest BCUT2D eigenvalue weighted by atomic mass is 9.93. The number of ether oxygens (including phenoxy) is 2. The van der Waals surface area contributed by atoms with Crippen LogP contribution in [0.4, 0.5) is 17.6 Å². The third-order valence-electron chi connectivity index (χ3n) is 5.97. The van der Waals surface area contributed by atoms with Gasteiger partial charge in [-0.1, -0.05) is 25.3 Å². The number of rotatable bonds is 16. The van der Waals surface area contributed by atoms with Crippen LogP contribution in [-0.4, -0.2) is 49.1 Å². The fraction of sp³-hybridized carbons (Fsp3) is 0.759. The number of hydrogen-bond donors (Lipinski definition) is 0. The minimum atomic E-state index is -4.60. The van der Waals surface area contributed by atoms with Crippen LogP contribution < -0.4 is 4.74 Å². The van der Waals surface area contributed by atoms with Crippen LogP contribution in [0.1, 0.15) is 98.1 Å². The van der Waals surface area contributed by atoms with Crippen molar-refractivity contribution in [3.63, 3.8) is 0 Å². The van der Waals surface area contributed by atoms with Gasteiger partial charge in [-0.05, 0) is 84.9 Å². The van der Waals surface area contributed by atoms with E-state index in [1.807, 2.05) is 0 Å². The first-order valence-electron chi connectivity index (χ1n) is 14.1. The van der Waals surface area contributed by atoms with Crippen LogP contribution >= 0.6 is 7.82 Å². The number of phosphoric acid groups is 1. The number of aliphatic imine (C=N–C) groups is 1. The molecule has 2 rings (SSSR count). The van der Waals surface area contributed by atoms with Crippen molar-refractivity contribution < 1.29 is 45.2 Å². The van der Waals surface area contributed by atoms with E-state index in [9.17, 15) is 22.1 Å². The van der Waals surface area contributed by atoms with Crippen LogP contribution in [0, 0.1) is 0 Å².